The molecule has 0 spiro atoms. The lowest BCUT2D eigenvalue weighted by Gasteiger charge is -2.31. The fourth-order valence-corrected chi connectivity index (χ4v) is 2.83. The summed E-state index contributed by atoms with van der Waals surface area (Å²) in [5.74, 6) is 0.309. The Morgan fingerprint density at radius 1 is 1.27 bits per heavy atom. The van der Waals surface area contributed by atoms with Crippen LogP contribution in [0.3, 0.4) is 0 Å². The van der Waals surface area contributed by atoms with Crippen LogP contribution in [0.25, 0.3) is 0 Å². The smallest absolute Gasteiger partial charge is 0.308 e. The van der Waals surface area contributed by atoms with Crippen LogP contribution in [0, 0.1) is 0 Å². The third kappa shape index (κ3) is 3.71. The van der Waals surface area contributed by atoms with Crippen molar-refractivity contribution < 1.29 is 9.53 Å². The summed E-state index contributed by atoms with van der Waals surface area (Å²) in [4.78, 5) is 17.4. The van der Waals surface area contributed by atoms with E-state index in [0.29, 0.717) is 11.8 Å². The lowest BCUT2D eigenvalue weighted by Crippen LogP contribution is -2.34. The van der Waals surface area contributed by atoms with E-state index in [1.54, 1.807) is 12.7 Å². The average Bonchev–Trinajstić information content (AvgIpc) is 3.04. The molecule has 0 radical (unpaired) electrons. The molecular formula is C16H20N4O2. The van der Waals surface area contributed by atoms with Gasteiger partial charge in [0.25, 0.3) is 0 Å². The lowest BCUT2D eigenvalue weighted by atomic mass is 10.0. The van der Waals surface area contributed by atoms with E-state index >= 15 is 0 Å². The highest BCUT2D eigenvalue weighted by Gasteiger charge is 2.20. The van der Waals surface area contributed by atoms with Crippen molar-refractivity contribution in [3.05, 3.63) is 42.5 Å². The van der Waals surface area contributed by atoms with Crippen LogP contribution in [0.1, 0.15) is 31.4 Å². The molecule has 0 atom stereocenters. The van der Waals surface area contributed by atoms with Crippen molar-refractivity contribution in [2.45, 2.75) is 32.4 Å². The zero-order valence-electron chi connectivity index (χ0n) is 12.7. The molecule has 1 aliphatic heterocycles. The summed E-state index contributed by atoms with van der Waals surface area (Å²) in [5, 5.41) is 4.23. The number of nitrogens with zero attached hydrogens (tertiary/aromatic N) is 4. The van der Waals surface area contributed by atoms with Crippen LogP contribution in [-0.2, 0) is 11.3 Å². The van der Waals surface area contributed by atoms with Crippen LogP contribution in [0.4, 0.5) is 0 Å². The fourth-order valence-electron chi connectivity index (χ4n) is 2.83. The Kier molecular flexibility index (Phi) is 4.48. The van der Waals surface area contributed by atoms with Crippen molar-refractivity contribution in [2.75, 3.05) is 13.1 Å². The van der Waals surface area contributed by atoms with E-state index in [2.05, 4.69) is 15.0 Å². The van der Waals surface area contributed by atoms with Crippen molar-refractivity contribution in [1.29, 1.82) is 0 Å². The van der Waals surface area contributed by atoms with Crippen molar-refractivity contribution in [2.24, 2.45) is 0 Å². The number of hydrogen-bond acceptors (Lipinski definition) is 5. The number of benzene rings is 1. The number of hydrogen-bond donors (Lipinski definition) is 0. The van der Waals surface area contributed by atoms with Crippen LogP contribution < -0.4 is 4.74 Å². The van der Waals surface area contributed by atoms with Crippen LogP contribution >= 0.6 is 0 Å². The van der Waals surface area contributed by atoms with Gasteiger partial charge in [-0.05, 0) is 30.5 Å². The largest absolute Gasteiger partial charge is 0.427 e. The van der Waals surface area contributed by atoms with Gasteiger partial charge in [0.1, 0.15) is 18.4 Å². The van der Waals surface area contributed by atoms with Gasteiger partial charge in [0.05, 0.1) is 6.04 Å². The van der Waals surface area contributed by atoms with E-state index in [1.807, 2.05) is 28.9 Å². The second kappa shape index (κ2) is 6.70. The summed E-state index contributed by atoms with van der Waals surface area (Å²) in [5.41, 5.74) is 1.23. The van der Waals surface area contributed by atoms with Gasteiger partial charge in [-0.1, -0.05) is 12.1 Å². The van der Waals surface area contributed by atoms with E-state index in [9.17, 15) is 4.79 Å². The fraction of sp³-hybridized carbons (Fsp3) is 0.438. The van der Waals surface area contributed by atoms with E-state index in [-0.39, 0.29) is 5.97 Å². The molecule has 1 aromatic heterocycles. The van der Waals surface area contributed by atoms with Crippen LogP contribution in [0.5, 0.6) is 5.75 Å². The third-order valence-corrected chi connectivity index (χ3v) is 3.96. The molecule has 3 rings (SSSR count). The quantitative estimate of drug-likeness (QED) is 0.639. The zero-order valence-corrected chi connectivity index (χ0v) is 12.7. The Bertz CT molecular complexity index is 602. The van der Waals surface area contributed by atoms with Gasteiger partial charge in [-0.2, -0.15) is 5.10 Å². The van der Waals surface area contributed by atoms with Gasteiger partial charge in [-0.25, -0.2) is 9.67 Å². The molecule has 2 aromatic rings. The van der Waals surface area contributed by atoms with E-state index in [1.165, 1.54) is 12.5 Å². The van der Waals surface area contributed by atoms with E-state index < -0.39 is 0 Å². The van der Waals surface area contributed by atoms with Crippen LogP contribution in [0.15, 0.2) is 36.9 Å². The SMILES string of the molecule is CC(=O)Oc1ccc(CN2CCC(n3cncn3)CC2)cc1. The number of ether oxygens (including phenoxy) is 1. The minimum Gasteiger partial charge on any atom is -0.427 e. The molecule has 0 aliphatic carbocycles. The highest BCUT2D eigenvalue weighted by atomic mass is 16.5. The summed E-state index contributed by atoms with van der Waals surface area (Å²) < 4.78 is 7.01. The second-order valence-electron chi connectivity index (χ2n) is 5.62. The Labute approximate surface area is 129 Å². The summed E-state index contributed by atoms with van der Waals surface area (Å²) in [6, 6.07) is 8.19. The number of piperidine rings is 1. The molecule has 6 heteroatoms. The predicted octanol–water partition coefficient (Wildman–Crippen LogP) is 2.04. The van der Waals surface area contributed by atoms with Gasteiger partial charge >= 0.3 is 5.97 Å². The van der Waals surface area contributed by atoms with Gasteiger partial charge in [-0.15, -0.1) is 0 Å². The second-order valence-corrected chi connectivity index (χ2v) is 5.62. The molecule has 6 nitrogen and oxygen atoms in total. The maximum atomic E-state index is 10.9. The van der Waals surface area contributed by atoms with E-state index in [0.717, 1.165) is 32.5 Å². The van der Waals surface area contributed by atoms with E-state index in [4.69, 9.17) is 4.74 Å². The Morgan fingerprint density at radius 3 is 2.59 bits per heavy atom. The first kappa shape index (κ1) is 14.7. The molecule has 1 fully saturated rings. The molecule has 0 amide bonds. The molecule has 22 heavy (non-hydrogen) atoms. The summed E-state index contributed by atoms with van der Waals surface area (Å²) in [7, 11) is 0. The molecule has 2 heterocycles. The summed E-state index contributed by atoms with van der Waals surface area (Å²) in [6.07, 6.45) is 5.58. The minimum atomic E-state index is -0.289. The number of carbonyl (C=O) groups is 1. The first-order valence-corrected chi connectivity index (χ1v) is 7.54. The van der Waals surface area contributed by atoms with Crippen molar-refractivity contribution in [3.8, 4) is 5.75 Å². The highest BCUT2D eigenvalue weighted by Crippen LogP contribution is 2.23. The highest BCUT2D eigenvalue weighted by molar-refractivity contribution is 5.69. The maximum Gasteiger partial charge on any atom is 0.308 e. The lowest BCUT2D eigenvalue weighted by molar-refractivity contribution is -0.131. The Balaban J connectivity index is 1.51. The Morgan fingerprint density at radius 2 is 2.00 bits per heavy atom. The number of aromatic nitrogens is 3. The van der Waals surface area contributed by atoms with Gasteiger partial charge in [0.15, 0.2) is 0 Å². The third-order valence-electron chi connectivity index (χ3n) is 3.96. The summed E-state index contributed by atoms with van der Waals surface area (Å²) >= 11 is 0. The van der Waals surface area contributed by atoms with Crippen molar-refractivity contribution >= 4 is 5.97 Å². The number of carbonyl (C=O) groups excluding carboxylic acids is 1. The van der Waals surface area contributed by atoms with Crippen molar-refractivity contribution in [3.63, 3.8) is 0 Å². The normalized spacial score (nSPS) is 16.6. The molecule has 0 N–H and O–H groups in total. The first-order chi connectivity index (χ1) is 10.7. The van der Waals surface area contributed by atoms with Crippen LogP contribution in [-0.4, -0.2) is 38.7 Å². The first-order valence-electron chi connectivity index (χ1n) is 7.54. The number of rotatable bonds is 4. The number of likely N-dealkylation sites (tertiary alicyclic amines) is 1. The zero-order chi connectivity index (χ0) is 15.4. The molecule has 1 saturated heterocycles. The minimum absolute atomic E-state index is 0.289. The molecule has 1 aromatic carbocycles. The predicted molar refractivity (Wildman–Crippen MR) is 81.3 cm³/mol. The molecule has 116 valence electrons. The molecule has 1 aliphatic rings. The Hall–Kier alpha value is -2.21. The van der Waals surface area contributed by atoms with Crippen LogP contribution in [0.2, 0.25) is 0 Å². The monoisotopic (exact) mass is 300 g/mol. The maximum absolute atomic E-state index is 10.9. The van der Waals surface area contributed by atoms with Crippen molar-refractivity contribution in [1.82, 2.24) is 19.7 Å². The molecule has 0 bridgehead atoms. The standard InChI is InChI=1S/C16H20N4O2/c1-13(21)22-16-4-2-14(3-5-16)10-19-8-6-15(7-9-19)20-12-17-11-18-20/h2-5,11-12,15H,6-10H2,1H3. The molecule has 0 saturated carbocycles. The molecular weight excluding hydrogens is 280 g/mol. The van der Waals surface area contributed by atoms with Gasteiger partial charge < -0.3 is 4.74 Å². The number of esters is 1. The summed E-state index contributed by atoms with van der Waals surface area (Å²) in [6.45, 7) is 4.43. The topological polar surface area (TPSA) is 60.2 Å². The average molecular weight is 300 g/mol. The molecule has 0 unspecified atom stereocenters. The van der Waals surface area contributed by atoms with Gasteiger partial charge in [0, 0.05) is 26.6 Å². The van der Waals surface area contributed by atoms with Gasteiger partial charge in [-0.3, -0.25) is 9.69 Å². The van der Waals surface area contributed by atoms with Gasteiger partial charge in [0.2, 0.25) is 0 Å².